The van der Waals surface area contributed by atoms with Gasteiger partial charge in [0.1, 0.15) is 17.2 Å². The maximum absolute atomic E-state index is 13.1. The van der Waals surface area contributed by atoms with E-state index in [0.717, 1.165) is 18.9 Å². The molecule has 0 fully saturated rings. The summed E-state index contributed by atoms with van der Waals surface area (Å²) in [5.74, 6) is -1.98. The minimum atomic E-state index is -3.72. The first-order valence-corrected chi connectivity index (χ1v) is 9.89. The molecule has 146 valence electrons. The first-order chi connectivity index (χ1) is 13.2. The Morgan fingerprint density at radius 2 is 1.93 bits per heavy atom. The van der Waals surface area contributed by atoms with Crippen LogP contribution in [0.25, 0.3) is 10.9 Å². The summed E-state index contributed by atoms with van der Waals surface area (Å²) in [7, 11) is -2.62. The number of sulfonamides is 1. The summed E-state index contributed by atoms with van der Waals surface area (Å²) in [5.41, 5.74) is 1.01. The van der Waals surface area contributed by atoms with Crippen LogP contribution in [0.5, 0.6) is 5.75 Å². The van der Waals surface area contributed by atoms with Crippen molar-refractivity contribution in [2.24, 2.45) is 0 Å². The van der Waals surface area contributed by atoms with Crippen LogP contribution in [0.15, 0.2) is 36.5 Å². The van der Waals surface area contributed by atoms with Gasteiger partial charge in [-0.1, -0.05) is 12.1 Å². The number of pyridine rings is 2. The number of ether oxygens (including phenoxy) is 1. The fourth-order valence-corrected chi connectivity index (χ4v) is 3.15. The molecule has 3 aromatic rings. The Hall–Kier alpha value is -3.27. The fraction of sp³-hybridized carbons (Fsp3) is 0.167. The highest BCUT2D eigenvalue weighted by Gasteiger charge is 2.22. The molecule has 0 unspecified atom stereocenters. The van der Waals surface area contributed by atoms with Crippen molar-refractivity contribution < 1.29 is 27.4 Å². The van der Waals surface area contributed by atoms with E-state index in [4.69, 9.17) is 0 Å². The predicted octanol–water partition coefficient (Wildman–Crippen LogP) is 2.22. The van der Waals surface area contributed by atoms with Gasteiger partial charge in [0.15, 0.2) is 11.4 Å². The number of esters is 1. The van der Waals surface area contributed by atoms with E-state index in [2.05, 4.69) is 19.4 Å². The van der Waals surface area contributed by atoms with Crippen LogP contribution in [0.3, 0.4) is 0 Å². The second kappa shape index (κ2) is 7.39. The Kier molecular flexibility index (Phi) is 5.14. The third-order valence-corrected chi connectivity index (χ3v) is 4.42. The molecular formula is C18H16FN3O5S. The number of aromatic nitrogens is 2. The Morgan fingerprint density at radius 1 is 1.25 bits per heavy atom. The number of nitrogens with one attached hydrogen (secondary N) is 1. The van der Waals surface area contributed by atoms with E-state index >= 15 is 0 Å². The minimum absolute atomic E-state index is 0.00981. The summed E-state index contributed by atoms with van der Waals surface area (Å²) in [6.45, 7) is 0. The molecule has 8 nitrogen and oxygen atoms in total. The van der Waals surface area contributed by atoms with E-state index in [0.29, 0.717) is 12.0 Å². The van der Waals surface area contributed by atoms with E-state index in [1.165, 1.54) is 18.3 Å². The van der Waals surface area contributed by atoms with Gasteiger partial charge >= 0.3 is 5.97 Å². The normalized spacial score (nSPS) is 11.4. The zero-order valence-electron chi connectivity index (χ0n) is 14.9. The lowest BCUT2D eigenvalue weighted by atomic mass is 10.0. The van der Waals surface area contributed by atoms with Crippen LogP contribution in [0.1, 0.15) is 21.6 Å². The van der Waals surface area contributed by atoms with Crippen molar-refractivity contribution in [3.63, 3.8) is 0 Å². The number of carbonyl (C=O) groups is 1. The number of hydrogen-bond donors (Lipinski definition) is 2. The van der Waals surface area contributed by atoms with Gasteiger partial charge in [-0.05, 0) is 35.7 Å². The third-order valence-electron chi connectivity index (χ3n) is 3.85. The molecule has 0 aliphatic carbocycles. The highest BCUT2D eigenvalue weighted by Crippen LogP contribution is 2.32. The second-order valence-corrected chi connectivity index (χ2v) is 7.81. The van der Waals surface area contributed by atoms with Gasteiger partial charge in [0.2, 0.25) is 10.0 Å². The second-order valence-electron chi connectivity index (χ2n) is 6.07. The van der Waals surface area contributed by atoms with Crippen molar-refractivity contribution >= 4 is 32.7 Å². The summed E-state index contributed by atoms with van der Waals surface area (Å²) in [6.07, 6.45) is 2.79. The van der Waals surface area contributed by atoms with Crippen LogP contribution in [-0.2, 0) is 21.2 Å². The molecule has 0 radical (unpaired) electrons. The number of benzene rings is 1. The van der Waals surface area contributed by atoms with Gasteiger partial charge in [0, 0.05) is 11.6 Å². The highest BCUT2D eigenvalue weighted by molar-refractivity contribution is 7.92. The molecule has 0 saturated heterocycles. The maximum Gasteiger partial charge on any atom is 0.360 e. The average Bonchev–Trinajstić information content (AvgIpc) is 2.64. The first kappa shape index (κ1) is 19.5. The van der Waals surface area contributed by atoms with Crippen LogP contribution >= 0.6 is 0 Å². The number of fused-ring (bicyclic) bond motifs is 1. The van der Waals surface area contributed by atoms with Crippen LogP contribution in [-0.4, -0.2) is 42.8 Å². The van der Waals surface area contributed by atoms with Crippen LogP contribution < -0.4 is 4.72 Å². The van der Waals surface area contributed by atoms with Crippen LogP contribution in [0.4, 0.5) is 10.2 Å². The van der Waals surface area contributed by atoms with Crippen molar-refractivity contribution in [3.05, 3.63) is 59.2 Å². The lowest BCUT2D eigenvalue weighted by Gasteiger charge is -2.12. The van der Waals surface area contributed by atoms with Gasteiger partial charge in [0.25, 0.3) is 0 Å². The van der Waals surface area contributed by atoms with Crippen molar-refractivity contribution in [3.8, 4) is 5.75 Å². The lowest BCUT2D eigenvalue weighted by Crippen LogP contribution is -2.14. The zero-order chi connectivity index (χ0) is 20.5. The molecule has 3 rings (SSSR count). The van der Waals surface area contributed by atoms with E-state index in [9.17, 15) is 22.7 Å². The largest absolute Gasteiger partial charge is 0.504 e. The Labute approximate surface area is 160 Å². The quantitative estimate of drug-likeness (QED) is 0.625. The molecule has 2 aromatic heterocycles. The Morgan fingerprint density at radius 3 is 2.54 bits per heavy atom. The van der Waals surface area contributed by atoms with Gasteiger partial charge in [-0.2, -0.15) is 0 Å². The molecule has 0 atom stereocenters. The monoisotopic (exact) mass is 405 g/mol. The van der Waals surface area contributed by atoms with Crippen molar-refractivity contribution in [1.29, 1.82) is 0 Å². The number of nitrogens with zero attached hydrogens (tertiary/aromatic N) is 2. The van der Waals surface area contributed by atoms with E-state index in [-0.39, 0.29) is 22.5 Å². The van der Waals surface area contributed by atoms with Gasteiger partial charge < -0.3 is 9.84 Å². The van der Waals surface area contributed by atoms with Gasteiger partial charge in [-0.25, -0.2) is 22.6 Å². The number of methoxy groups -OCH3 is 1. The van der Waals surface area contributed by atoms with Gasteiger partial charge in [-0.3, -0.25) is 9.71 Å². The third kappa shape index (κ3) is 4.17. The standard InChI is InChI=1S/C18H16FN3O5S/c1-27-18(24)15-16(23)14-13(17(21-15)22-28(2,25)26)8-11(9-20-14)7-10-3-5-12(19)6-4-10/h3-6,8-9,23H,7H2,1-2H3,(H,21,22). The lowest BCUT2D eigenvalue weighted by molar-refractivity contribution is 0.0591. The number of hydrogen-bond acceptors (Lipinski definition) is 7. The van der Waals surface area contributed by atoms with Crippen LogP contribution in [0, 0.1) is 5.82 Å². The molecule has 28 heavy (non-hydrogen) atoms. The molecular weight excluding hydrogens is 389 g/mol. The molecule has 2 N–H and O–H groups in total. The Balaban J connectivity index is 2.15. The number of aromatic hydroxyl groups is 1. The van der Waals surface area contributed by atoms with Crippen LogP contribution in [0.2, 0.25) is 0 Å². The van der Waals surface area contributed by atoms with E-state index < -0.39 is 27.4 Å². The molecule has 1 aromatic carbocycles. The topological polar surface area (TPSA) is 118 Å². The van der Waals surface area contributed by atoms with E-state index in [1.54, 1.807) is 18.2 Å². The van der Waals surface area contributed by atoms with Crippen molar-refractivity contribution in [1.82, 2.24) is 9.97 Å². The van der Waals surface area contributed by atoms with E-state index in [1.807, 2.05) is 0 Å². The molecule has 0 aliphatic rings. The maximum atomic E-state index is 13.1. The summed E-state index contributed by atoms with van der Waals surface area (Å²) in [5, 5.41) is 10.5. The highest BCUT2D eigenvalue weighted by atomic mass is 32.2. The minimum Gasteiger partial charge on any atom is -0.504 e. The molecule has 0 bridgehead atoms. The molecule has 0 aliphatic heterocycles. The molecule has 2 heterocycles. The summed E-state index contributed by atoms with van der Waals surface area (Å²) < 4.78 is 43.3. The average molecular weight is 405 g/mol. The van der Waals surface area contributed by atoms with Crippen molar-refractivity contribution in [2.75, 3.05) is 18.1 Å². The number of anilines is 1. The smallest absolute Gasteiger partial charge is 0.360 e. The fourth-order valence-electron chi connectivity index (χ4n) is 2.64. The molecule has 0 saturated carbocycles. The predicted molar refractivity (Wildman–Crippen MR) is 100 cm³/mol. The Bertz CT molecular complexity index is 1160. The summed E-state index contributed by atoms with van der Waals surface area (Å²) in [6, 6.07) is 7.48. The van der Waals surface area contributed by atoms with Gasteiger partial charge in [-0.15, -0.1) is 0 Å². The summed E-state index contributed by atoms with van der Waals surface area (Å²) >= 11 is 0. The zero-order valence-corrected chi connectivity index (χ0v) is 15.7. The van der Waals surface area contributed by atoms with Crippen molar-refractivity contribution in [2.45, 2.75) is 6.42 Å². The summed E-state index contributed by atoms with van der Waals surface area (Å²) in [4.78, 5) is 19.9. The molecule has 0 spiro atoms. The number of halogens is 1. The number of carbonyl (C=O) groups excluding carboxylic acids is 1. The first-order valence-electron chi connectivity index (χ1n) is 8.00. The molecule has 0 amide bonds. The van der Waals surface area contributed by atoms with Gasteiger partial charge in [0.05, 0.1) is 13.4 Å². The number of rotatable bonds is 5. The SMILES string of the molecule is COC(=O)c1nc(NS(C)(=O)=O)c2cc(Cc3ccc(F)cc3)cnc2c1O. The molecule has 10 heteroatoms.